The quantitative estimate of drug-likeness (QED) is 0.529. The van der Waals surface area contributed by atoms with Gasteiger partial charge in [-0.2, -0.15) is 0 Å². The fraction of sp³-hybridized carbons (Fsp3) is 1.00. The van der Waals surface area contributed by atoms with Crippen LogP contribution in [-0.4, -0.2) is 18.5 Å². The van der Waals surface area contributed by atoms with Crippen molar-refractivity contribution in [2.45, 2.75) is 31.3 Å². The molecule has 68 valence electrons. The fourth-order valence-corrected chi connectivity index (χ4v) is 7.67. The van der Waals surface area contributed by atoms with Crippen LogP contribution in [0.3, 0.4) is 0 Å². The van der Waals surface area contributed by atoms with Gasteiger partial charge in [-0.25, -0.2) is 0 Å². The summed E-state index contributed by atoms with van der Waals surface area (Å²) in [4.78, 5) is 0. The van der Waals surface area contributed by atoms with Crippen molar-refractivity contribution in [3.05, 3.63) is 0 Å². The standard InChI is InChI=1S/C10H17OP/c1-12(11)5-4-9-7-2-3-8(6-7)10(9)12/h7-10H,2-6H2,1H3. The molecule has 0 N–H and O–H groups in total. The van der Waals surface area contributed by atoms with Gasteiger partial charge in [0, 0.05) is 11.8 Å². The second kappa shape index (κ2) is 2.18. The number of fused-ring (bicyclic) bond motifs is 5. The summed E-state index contributed by atoms with van der Waals surface area (Å²) in [5.41, 5.74) is 0.677. The van der Waals surface area contributed by atoms with Gasteiger partial charge in [0.25, 0.3) is 0 Å². The molecule has 12 heavy (non-hydrogen) atoms. The van der Waals surface area contributed by atoms with Crippen molar-refractivity contribution in [3.63, 3.8) is 0 Å². The van der Waals surface area contributed by atoms with Gasteiger partial charge in [0.1, 0.15) is 0 Å². The summed E-state index contributed by atoms with van der Waals surface area (Å²) in [6.45, 7) is 2.07. The molecule has 1 aliphatic heterocycles. The molecule has 5 unspecified atom stereocenters. The van der Waals surface area contributed by atoms with Crippen molar-refractivity contribution in [3.8, 4) is 0 Å². The summed E-state index contributed by atoms with van der Waals surface area (Å²) in [6, 6.07) is 0. The fourth-order valence-electron chi connectivity index (χ4n) is 4.19. The third-order valence-corrected chi connectivity index (χ3v) is 7.79. The van der Waals surface area contributed by atoms with E-state index < -0.39 is 7.14 Å². The minimum Gasteiger partial charge on any atom is -0.324 e. The lowest BCUT2D eigenvalue weighted by molar-refractivity contribution is 0.345. The highest BCUT2D eigenvalue weighted by Crippen LogP contribution is 2.69. The molecule has 0 aromatic carbocycles. The predicted molar refractivity (Wildman–Crippen MR) is 51.1 cm³/mol. The van der Waals surface area contributed by atoms with Crippen LogP contribution in [0.1, 0.15) is 25.7 Å². The first-order valence-corrected chi connectivity index (χ1v) is 7.65. The monoisotopic (exact) mass is 184 g/mol. The van der Waals surface area contributed by atoms with E-state index in [0.717, 1.165) is 23.9 Å². The Morgan fingerprint density at radius 1 is 1.17 bits per heavy atom. The molecule has 2 saturated carbocycles. The molecule has 2 aliphatic carbocycles. The van der Waals surface area contributed by atoms with Crippen LogP contribution in [0.5, 0.6) is 0 Å². The second-order valence-corrected chi connectivity index (χ2v) is 8.57. The first kappa shape index (κ1) is 7.62. The Morgan fingerprint density at radius 3 is 2.67 bits per heavy atom. The van der Waals surface area contributed by atoms with Crippen LogP contribution >= 0.6 is 7.14 Å². The van der Waals surface area contributed by atoms with Gasteiger partial charge in [-0.1, -0.05) is 0 Å². The highest BCUT2D eigenvalue weighted by molar-refractivity contribution is 7.64. The van der Waals surface area contributed by atoms with Gasteiger partial charge in [-0.3, -0.25) is 0 Å². The smallest absolute Gasteiger partial charge is 0.0883 e. The summed E-state index contributed by atoms with van der Waals surface area (Å²) in [5, 5.41) is 0. The number of hydrogen-bond donors (Lipinski definition) is 0. The van der Waals surface area contributed by atoms with Crippen molar-refractivity contribution in [2.75, 3.05) is 12.8 Å². The summed E-state index contributed by atoms with van der Waals surface area (Å²) < 4.78 is 12.2. The van der Waals surface area contributed by atoms with Gasteiger partial charge in [-0.15, -0.1) is 0 Å². The first-order valence-electron chi connectivity index (χ1n) is 5.25. The van der Waals surface area contributed by atoms with Crippen LogP contribution in [-0.2, 0) is 4.57 Å². The van der Waals surface area contributed by atoms with E-state index in [0.29, 0.717) is 5.66 Å². The van der Waals surface area contributed by atoms with Gasteiger partial charge < -0.3 is 4.57 Å². The van der Waals surface area contributed by atoms with Crippen LogP contribution < -0.4 is 0 Å². The summed E-state index contributed by atoms with van der Waals surface area (Å²) in [6.07, 6.45) is 6.62. The number of rotatable bonds is 0. The van der Waals surface area contributed by atoms with Gasteiger partial charge in [0.2, 0.25) is 0 Å². The molecule has 0 aromatic rings. The van der Waals surface area contributed by atoms with Crippen molar-refractivity contribution >= 4 is 7.14 Å². The summed E-state index contributed by atoms with van der Waals surface area (Å²) >= 11 is 0. The largest absolute Gasteiger partial charge is 0.324 e. The Morgan fingerprint density at radius 2 is 1.92 bits per heavy atom. The molecule has 1 saturated heterocycles. The molecule has 3 fully saturated rings. The zero-order valence-electron chi connectivity index (χ0n) is 7.70. The molecule has 2 bridgehead atoms. The van der Waals surface area contributed by atoms with Gasteiger partial charge in [-0.05, 0) is 50.1 Å². The molecule has 3 rings (SSSR count). The van der Waals surface area contributed by atoms with E-state index >= 15 is 0 Å². The van der Waals surface area contributed by atoms with Crippen LogP contribution in [0.25, 0.3) is 0 Å². The maximum atomic E-state index is 12.2. The van der Waals surface area contributed by atoms with Gasteiger partial charge >= 0.3 is 0 Å². The molecule has 0 aromatic heterocycles. The first-order chi connectivity index (χ1) is 5.68. The Balaban J connectivity index is 2.00. The Bertz CT molecular complexity index is 261. The van der Waals surface area contributed by atoms with E-state index in [-0.39, 0.29) is 0 Å². The van der Waals surface area contributed by atoms with Gasteiger partial charge in [0.05, 0.1) is 7.14 Å². The lowest BCUT2D eigenvalue weighted by Crippen LogP contribution is -2.21. The SMILES string of the molecule is CP1(=O)CCC2C3CCC(C3)C21. The molecule has 0 amide bonds. The van der Waals surface area contributed by atoms with Crippen molar-refractivity contribution in [1.82, 2.24) is 0 Å². The van der Waals surface area contributed by atoms with E-state index in [9.17, 15) is 4.57 Å². The topological polar surface area (TPSA) is 17.1 Å². The second-order valence-electron chi connectivity index (χ2n) is 5.17. The van der Waals surface area contributed by atoms with E-state index in [1.54, 1.807) is 0 Å². The Hall–Kier alpha value is 0.230. The highest BCUT2D eigenvalue weighted by atomic mass is 31.2. The Labute approximate surface area is 74.3 Å². The van der Waals surface area contributed by atoms with Crippen LogP contribution in [0.2, 0.25) is 0 Å². The van der Waals surface area contributed by atoms with Crippen LogP contribution in [0.4, 0.5) is 0 Å². The third-order valence-electron chi connectivity index (χ3n) is 4.58. The molecule has 3 aliphatic rings. The maximum absolute atomic E-state index is 12.2. The number of hydrogen-bond acceptors (Lipinski definition) is 1. The van der Waals surface area contributed by atoms with Crippen LogP contribution in [0, 0.1) is 17.8 Å². The minimum absolute atomic E-state index is 0.677. The molecule has 1 heterocycles. The zero-order chi connectivity index (χ0) is 8.34. The zero-order valence-corrected chi connectivity index (χ0v) is 8.59. The average molecular weight is 184 g/mol. The van der Waals surface area contributed by atoms with Crippen molar-refractivity contribution in [1.29, 1.82) is 0 Å². The summed E-state index contributed by atoms with van der Waals surface area (Å²) in [7, 11) is -1.69. The van der Waals surface area contributed by atoms with Crippen molar-refractivity contribution < 1.29 is 4.57 Å². The van der Waals surface area contributed by atoms with Crippen molar-refractivity contribution in [2.24, 2.45) is 17.8 Å². The normalized spacial score (nSPS) is 62.4. The molecular formula is C10H17OP. The lowest BCUT2D eigenvalue weighted by Gasteiger charge is -2.26. The van der Waals surface area contributed by atoms with E-state index in [1.165, 1.54) is 25.7 Å². The average Bonchev–Trinajstić information content (AvgIpc) is 2.61. The molecule has 2 heteroatoms. The molecule has 0 spiro atoms. The Kier molecular flexibility index (Phi) is 1.38. The van der Waals surface area contributed by atoms with Gasteiger partial charge in [0.15, 0.2) is 0 Å². The highest BCUT2D eigenvalue weighted by Gasteiger charge is 2.56. The molecular weight excluding hydrogens is 167 g/mol. The van der Waals surface area contributed by atoms with E-state index in [4.69, 9.17) is 0 Å². The van der Waals surface area contributed by atoms with E-state index in [2.05, 4.69) is 6.66 Å². The maximum Gasteiger partial charge on any atom is 0.0883 e. The molecule has 5 atom stereocenters. The lowest BCUT2D eigenvalue weighted by atomic mass is 9.87. The third kappa shape index (κ3) is 0.789. The molecule has 0 radical (unpaired) electrons. The minimum atomic E-state index is -1.69. The van der Waals surface area contributed by atoms with E-state index in [1.807, 2.05) is 0 Å². The summed E-state index contributed by atoms with van der Waals surface area (Å²) in [5.74, 6) is 2.74. The van der Waals surface area contributed by atoms with Crippen LogP contribution in [0.15, 0.2) is 0 Å². The molecule has 1 nitrogen and oxygen atoms in total. The predicted octanol–water partition coefficient (Wildman–Crippen LogP) is 2.80.